The molecule has 0 radical (unpaired) electrons. The second-order valence-corrected chi connectivity index (χ2v) is 8.26. The van der Waals surface area contributed by atoms with Crippen LogP contribution in [-0.4, -0.2) is 33.0 Å². The first-order valence-electron chi connectivity index (χ1n) is 8.19. The van der Waals surface area contributed by atoms with Crippen molar-refractivity contribution in [3.8, 4) is 0 Å². The highest BCUT2D eigenvalue weighted by atomic mass is 32.2. The molecule has 1 amide bonds. The van der Waals surface area contributed by atoms with Crippen molar-refractivity contribution in [1.82, 2.24) is 4.72 Å². The predicted molar refractivity (Wildman–Crippen MR) is 96.1 cm³/mol. The van der Waals surface area contributed by atoms with Gasteiger partial charge in [-0.3, -0.25) is 4.79 Å². The lowest BCUT2D eigenvalue weighted by Gasteiger charge is -2.32. The van der Waals surface area contributed by atoms with Gasteiger partial charge in [-0.2, -0.15) is 0 Å². The number of amides is 1. The lowest BCUT2D eigenvalue weighted by atomic mass is 10.1. The Morgan fingerprint density at radius 3 is 2.76 bits per heavy atom. The second kappa shape index (κ2) is 5.86. The minimum absolute atomic E-state index is 0.0871. The van der Waals surface area contributed by atoms with E-state index in [1.54, 1.807) is 18.2 Å². The number of hydrogen-bond donors (Lipinski definition) is 2. The molecule has 2 N–H and O–H groups in total. The summed E-state index contributed by atoms with van der Waals surface area (Å²) in [6, 6.07) is 13.7. The van der Waals surface area contributed by atoms with Crippen molar-refractivity contribution in [2.75, 3.05) is 16.8 Å². The van der Waals surface area contributed by atoms with Crippen LogP contribution in [-0.2, 0) is 14.8 Å². The Bertz CT molecular complexity index is 942. The first-order valence-corrected chi connectivity index (χ1v) is 9.68. The smallest absolute Gasteiger partial charge is 0.247 e. The molecule has 2 heterocycles. The minimum atomic E-state index is -3.61. The Kier molecular flexibility index (Phi) is 3.77. The van der Waals surface area contributed by atoms with Gasteiger partial charge in [-0.1, -0.05) is 24.3 Å². The maximum atomic E-state index is 12.6. The minimum Gasteiger partial charge on any atom is -0.356 e. The third-order valence-corrected chi connectivity index (χ3v) is 6.21. The lowest BCUT2D eigenvalue weighted by molar-refractivity contribution is -0.117. The van der Waals surface area contributed by atoms with E-state index in [2.05, 4.69) is 10.0 Å². The number of nitrogens with zero attached hydrogens (tertiary/aromatic N) is 1. The van der Waals surface area contributed by atoms with E-state index in [4.69, 9.17) is 0 Å². The third kappa shape index (κ3) is 2.89. The molecule has 2 aromatic carbocycles. The van der Waals surface area contributed by atoms with Gasteiger partial charge in [0.1, 0.15) is 6.04 Å². The zero-order valence-corrected chi connectivity index (χ0v) is 14.6. The van der Waals surface area contributed by atoms with Gasteiger partial charge in [-0.05, 0) is 43.2 Å². The van der Waals surface area contributed by atoms with E-state index in [0.717, 1.165) is 16.9 Å². The summed E-state index contributed by atoms with van der Waals surface area (Å²) < 4.78 is 28.0. The molecule has 1 saturated heterocycles. The van der Waals surface area contributed by atoms with Gasteiger partial charge in [0.15, 0.2) is 0 Å². The van der Waals surface area contributed by atoms with Gasteiger partial charge in [0, 0.05) is 12.6 Å². The summed E-state index contributed by atoms with van der Waals surface area (Å²) in [7, 11) is -3.61. The van der Waals surface area contributed by atoms with Crippen LogP contribution in [0.25, 0.3) is 0 Å². The van der Waals surface area contributed by atoms with Crippen LogP contribution in [0.3, 0.4) is 0 Å². The first kappa shape index (κ1) is 16.1. The molecular weight excluding hydrogens is 338 g/mol. The molecular formula is C18H19N3O3S. The molecule has 2 unspecified atom stereocenters. The molecule has 25 heavy (non-hydrogen) atoms. The molecule has 0 spiro atoms. The number of fused-ring (bicyclic) bond motifs is 3. The van der Waals surface area contributed by atoms with Crippen molar-refractivity contribution < 1.29 is 13.2 Å². The fraction of sp³-hybridized carbons (Fsp3) is 0.278. The maximum Gasteiger partial charge on any atom is 0.247 e. The van der Waals surface area contributed by atoms with Crippen LogP contribution in [0.4, 0.5) is 11.4 Å². The Morgan fingerprint density at radius 1 is 1.16 bits per heavy atom. The average molecular weight is 357 g/mol. The van der Waals surface area contributed by atoms with Crippen LogP contribution in [0, 0.1) is 6.92 Å². The van der Waals surface area contributed by atoms with Gasteiger partial charge in [-0.25, -0.2) is 13.1 Å². The van der Waals surface area contributed by atoms with Gasteiger partial charge in [0.25, 0.3) is 0 Å². The van der Waals surface area contributed by atoms with Crippen LogP contribution < -0.4 is 14.9 Å². The standard InChI is InChI=1S/C18H19N3O3S/c1-12-5-4-6-14(9-12)25(23,24)20-13-10-17-18(22)19-15-7-2-3-8-16(15)21(17)11-13/h2-9,13,17,20H,10-11H2,1H3,(H,19,22). The summed E-state index contributed by atoms with van der Waals surface area (Å²) in [5.41, 5.74) is 2.59. The van der Waals surface area contributed by atoms with Crippen molar-refractivity contribution in [1.29, 1.82) is 0 Å². The number of hydrogen-bond acceptors (Lipinski definition) is 4. The molecule has 2 atom stereocenters. The molecule has 0 aromatic heterocycles. The number of para-hydroxylation sites is 2. The Morgan fingerprint density at radius 2 is 1.96 bits per heavy atom. The maximum absolute atomic E-state index is 12.6. The van der Waals surface area contributed by atoms with Crippen LogP contribution >= 0.6 is 0 Å². The van der Waals surface area contributed by atoms with Crippen molar-refractivity contribution in [3.05, 3.63) is 54.1 Å². The zero-order valence-electron chi connectivity index (χ0n) is 13.8. The largest absolute Gasteiger partial charge is 0.356 e. The predicted octanol–water partition coefficient (Wildman–Crippen LogP) is 1.87. The van der Waals surface area contributed by atoms with Crippen molar-refractivity contribution in [2.45, 2.75) is 30.3 Å². The number of benzene rings is 2. The molecule has 0 bridgehead atoms. The van der Waals surface area contributed by atoms with Crippen LogP contribution in [0.1, 0.15) is 12.0 Å². The van der Waals surface area contributed by atoms with Crippen molar-refractivity contribution in [2.24, 2.45) is 0 Å². The molecule has 2 aliphatic rings. The highest BCUT2D eigenvalue weighted by Gasteiger charge is 2.42. The number of aryl methyl sites for hydroxylation is 1. The quantitative estimate of drug-likeness (QED) is 0.879. The summed E-state index contributed by atoms with van der Waals surface area (Å²) in [4.78, 5) is 14.6. The molecule has 2 aromatic rings. The molecule has 1 fully saturated rings. The Hall–Kier alpha value is -2.38. The van der Waals surface area contributed by atoms with Gasteiger partial charge < -0.3 is 10.2 Å². The second-order valence-electron chi connectivity index (χ2n) is 6.54. The molecule has 0 saturated carbocycles. The summed E-state index contributed by atoms with van der Waals surface area (Å²) in [5.74, 6) is -0.0871. The molecule has 0 aliphatic carbocycles. The number of sulfonamides is 1. The third-order valence-electron chi connectivity index (χ3n) is 4.70. The van der Waals surface area contributed by atoms with Crippen LogP contribution in [0.5, 0.6) is 0 Å². The Labute approximate surface area is 146 Å². The number of carbonyl (C=O) groups excluding carboxylic acids is 1. The summed E-state index contributed by atoms with van der Waals surface area (Å²) in [5, 5.41) is 2.90. The van der Waals surface area contributed by atoms with Gasteiger partial charge in [0.05, 0.1) is 16.3 Å². The molecule has 6 nitrogen and oxygen atoms in total. The van der Waals surface area contributed by atoms with E-state index in [-0.39, 0.29) is 22.9 Å². The average Bonchev–Trinajstić information content (AvgIpc) is 2.99. The van der Waals surface area contributed by atoms with E-state index < -0.39 is 10.0 Å². The van der Waals surface area contributed by atoms with Crippen LogP contribution in [0.2, 0.25) is 0 Å². The fourth-order valence-electron chi connectivity index (χ4n) is 3.55. The fourth-order valence-corrected chi connectivity index (χ4v) is 4.90. The van der Waals surface area contributed by atoms with Crippen LogP contribution in [0.15, 0.2) is 53.4 Å². The monoisotopic (exact) mass is 357 g/mol. The zero-order chi connectivity index (χ0) is 17.6. The highest BCUT2D eigenvalue weighted by Crippen LogP contribution is 2.36. The topological polar surface area (TPSA) is 78.5 Å². The summed E-state index contributed by atoms with van der Waals surface area (Å²) >= 11 is 0. The number of anilines is 2. The molecule has 7 heteroatoms. The SMILES string of the molecule is Cc1cccc(S(=O)(=O)NC2CC3C(=O)Nc4ccccc4N3C2)c1. The van der Waals surface area contributed by atoms with Crippen molar-refractivity contribution >= 4 is 27.3 Å². The molecule has 2 aliphatic heterocycles. The van der Waals surface area contributed by atoms with E-state index in [9.17, 15) is 13.2 Å². The highest BCUT2D eigenvalue weighted by molar-refractivity contribution is 7.89. The Balaban J connectivity index is 1.58. The normalized spacial score (nSPS) is 22.3. The van der Waals surface area contributed by atoms with Gasteiger partial charge in [-0.15, -0.1) is 0 Å². The molecule has 130 valence electrons. The molecule has 4 rings (SSSR count). The number of rotatable bonds is 3. The van der Waals surface area contributed by atoms with Gasteiger partial charge >= 0.3 is 0 Å². The van der Waals surface area contributed by atoms with E-state index in [1.807, 2.05) is 42.2 Å². The van der Waals surface area contributed by atoms with E-state index in [1.165, 1.54) is 0 Å². The first-order chi connectivity index (χ1) is 11.9. The van der Waals surface area contributed by atoms with E-state index >= 15 is 0 Å². The summed E-state index contributed by atoms with van der Waals surface area (Å²) in [6.45, 7) is 2.33. The van der Waals surface area contributed by atoms with Crippen molar-refractivity contribution in [3.63, 3.8) is 0 Å². The summed E-state index contributed by atoms with van der Waals surface area (Å²) in [6.07, 6.45) is 0.450. The number of nitrogens with one attached hydrogen (secondary N) is 2. The number of carbonyl (C=O) groups is 1. The van der Waals surface area contributed by atoms with Gasteiger partial charge in [0.2, 0.25) is 15.9 Å². The van der Waals surface area contributed by atoms with E-state index in [0.29, 0.717) is 13.0 Å². The lowest BCUT2D eigenvalue weighted by Crippen LogP contribution is -2.44.